The molecule has 52 heavy (non-hydrogen) atoms. The summed E-state index contributed by atoms with van der Waals surface area (Å²) < 4.78 is 4.10. The number of hydrogen-bond donors (Lipinski definition) is 5. The highest BCUT2D eigenvalue weighted by Gasteiger charge is 2.12. The van der Waals surface area contributed by atoms with E-state index in [9.17, 15) is 0 Å². The van der Waals surface area contributed by atoms with Crippen molar-refractivity contribution in [2.24, 2.45) is 22.9 Å². The fourth-order valence-electron chi connectivity index (χ4n) is 6.36. The zero-order valence-corrected chi connectivity index (χ0v) is 29.5. The molecule has 8 rings (SSSR count). The number of benzene rings is 6. The van der Waals surface area contributed by atoms with E-state index in [0.29, 0.717) is 22.5 Å². The van der Waals surface area contributed by atoms with Gasteiger partial charge in [-0.05, 0) is 81.4 Å². The first-order valence-corrected chi connectivity index (χ1v) is 17.9. The van der Waals surface area contributed by atoms with E-state index >= 15 is 0 Å². The number of nitrogens with zero attached hydrogens (tertiary/aromatic N) is 2. The zero-order valence-electron chi connectivity index (χ0n) is 28.5. The average molecular weight is 698 g/mol. The van der Waals surface area contributed by atoms with Crippen LogP contribution in [0.3, 0.4) is 0 Å². The van der Waals surface area contributed by atoms with Gasteiger partial charge >= 0.3 is 0 Å². The Morgan fingerprint density at radius 3 is 1.00 bits per heavy atom. The summed E-state index contributed by atoms with van der Waals surface area (Å²) in [6, 6.07) is 53.2. The van der Waals surface area contributed by atoms with E-state index in [1.165, 1.54) is 0 Å². The van der Waals surface area contributed by atoms with Gasteiger partial charge in [-0.3, -0.25) is 9.13 Å². The number of nitrogens with two attached hydrogens (primary N) is 4. The van der Waals surface area contributed by atoms with Crippen LogP contribution in [-0.2, 0) is 0 Å². The minimum absolute atomic E-state index is 0.0933. The van der Waals surface area contributed by atoms with Gasteiger partial charge in [-0.1, -0.05) is 109 Å². The van der Waals surface area contributed by atoms with Crippen molar-refractivity contribution < 1.29 is 0 Å². The molecule has 7 nitrogen and oxygen atoms in total. The quantitative estimate of drug-likeness (QED) is 0.0798. The fraction of sp³-hybridized carbons (Fsp3) is 0. The van der Waals surface area contributed by atoms with Crippen LogP contribution in [0.5, 0.6) is 0 Å². The Kier molecular flexibility index (Phi) is 10.0. The summed E-state index contributed by atoms with van der Waals surface area (Å²) in [4.78, 5) is 0. The molecule has 2 heterocycles. The van der Waals surface area contributed by atoms with Crippen LogP contribution in [0.4, 0.5) is 11.4 Å². The molecule has 8 aromatic rings. The number of para-hydroxylation sites is 6. The molecular weight excluding hydrogens is 658 g/mol. The number of nitrogens with one attached hydrogen (secondary N) is 1. The lowest BCUT2D eigenvalue weighted by Gasteiger charge is -2.08. The van der Waals surface area contributed by atoms with Gasteiger partial charge < -0.3 is 28.3 Å². The van der Waals surface area contributed by atoms with Gasteiger partial charge in [-0.15, -0.1) is 0 Å². The highest BCUT2D eigenvalue weighted by atomic mass is 31.1. The Labute approximate surface area is 304 Å². The highest BCUT2D eigenvalue weighted by molar-refractivity contribution is 7.47. The van der Waals surface area contributed by atoms with Crippen molar-refractivity contribution >= 4 is 75.2 Å². The molecule has 0 unspecified atom stereocenters. The summed E-state index contributed by atoms with van der Waals surface area (Å²) in [5.74, 6) is 1.16. The second kappa shape index (κ2) is 15.5. The van der Waals surface area contributed by atoms with Gasteiger partial charge in [0.15, 0.2) is 0 Å². The molecule has 2 aromatic heterocycles. The lowest BCUT2D eigenvalue weighted by Crippen LogP contribution is -2.06. The van der Waals surface area contributed by atoms with Gasteiger partial charge in [0.25, 0.3) is 0 Å². The van der Waals surface area contributed by atoms with Crippen LogP contribution in [0.1, 0.15) is 0 Å². The molecule has 0 bridgehead atoms. The number of hydrogen-bond acceptors (Lipinski definition) is 5. The maximum Gasteiger partial charge on any atom is 0.108 e. The second-order valence-electron chi connectivity index (χ2n) is 12.1. The maximum absolute atomic E-state index is 6.55. The van der Waals surface area contributed by atoms with Crippen LogP contribution < -0.4 is 28.3 Å². The van der Waals surface area contributed by atoms with E-state index in [1.807, 2.05) is 143 Å². The van der Waals surface area contributed by atoms with E-state index in [2.05, 4.69) is 53.8 Å². The molecule has 8 heteroatoms. The largest absolute Gasteiger partial charge is 0.398 e. The van der Waals surface area contributed by atoms with Crippen molar-refractivity contribution in [3.8, 4) is 0 Å². The molecule has 9 N–H and O–H groups in total. The van der Waals surface area contributed by atoms with Crippen molar-refractivity contribution in [2.45, 2.75) is 0 Å². The van der Waals surface area contributed by atoms with Crippen LogP contribution in [0.2, 0.25) is 0 Å². The van der Waals surface area contributed by atoms with Gasteiger partial charge in [0.1, 0.15) is 11.6 Å². The van der Waals surface area contributed by atoms with Gasteiger partial charge in [0.05, 0.1) is 22.1 Å². The predicted octanol–water partition coefficient (Wildman–Crippen LogP) is 9.83. The van der Waals surface area contributed by atoms with Crippen molar-refractivity contribution in [2.75, 3.05) is 5.32 Å². The Morgan fingerprint density at radius 1 is 0.385 bits per heavy atom. The lowest BCUT2D eigenvalue weighted by atomic mass is 10.2. The molecule has 0 aliphatic rings. The third-order valence-electron chi connectivity index (χ3n) is 8.67. The van der Waals surface area contributed by atoms with E-state index in [-0.39, 0.29) is 8.58 Å². The molecule has 0 spiro atoms. The molecule has 0 amide bonds. The Morgan fingerprint density at radius 2 is 0.673 bits per heavy atom. The molecule has 0 fully saturated rings. The van der Waals surface area contributed by atoms with E-state index in [1.54, 1.807) is 0 Å². The number of fused-ring (bicyclic) bond motifs is 6. The smallest absolute Gasteiger partial charge is 0.108 e. The van der Waals surface area contributed by atoms with Crippen LogP contribution in [0, 0.1) is 0 Å². The van der Waals surface area contributed by atoms with Gasteiger partial charge in [0, 0.05) is 43.8 Å². The van der Waals surface area contributed by atoms with Crippen molar-refractivity contribution in [3.63, 3.8) is 0 Å². The zero-order chi connectivity index (χ0) is 35.9. The van der Waals surface area contributed by atoms with Crippen LogP contribution >= 0.6 is 8.58 Å². The number of rotatable bonds is 8. The molecule has 0 atom stereocenters. The van der Waals surface area contributed by atoms with Crippen molar-refractivity contribution in [3.05, 3.63) is 193 Å². The number of aromatic nitrogens is 2. The molecule has 0 radical (unpaired) electrons. The average Bonchev–Trinajstić information content (AvgIpc) is 3.70. The third-order valence-corrected chi connectivity index (χ3v) is 9.58. The Balaban J connectivity index is 0.000000271. The topological polar surface area (TPSA) is 126 Å². The number of allylic oxidation sites excluding steroid dienone is 4. The summed E-state index contributed by atoms with van der Waals surface area (Å²) >= 11 is 0. The van der Waals surface area contributed by atoms with Crippen LogP contribution in [-0.4, -0.2) is 9.13 Å². The van der Waals surface area contributed by atoms with E-state index < -0.39 is 0 Å². The summed E-state index contributed by atoms with van der Waals surface area (Å²) in [5.41, 5.74) is 33.4. The summed E-state index contributed by atoms with van der Waals surface area (Å²) in [5, 5.41) is 7.93. The molecule has 0 saturated carbocycles. The second-order valence-corrected chi connectivity index (χ2v) is 13.6. The molecule has 256 valence electrons. The standard InChI is InChI=1S/C32H29N6P.C12H11N/c33-29(37-25-13-5-1-9-21(25)22-10-2-6-14-26(22)37)17-19-31(35)39-32(36)20-18-30(34)38-27-15-7-3-11-23(27)24-12-4-8-16-28(24)38;1-3-7-11(8-4-1)13-12-9-5-2-6-10-12/h1-20,39H,33-36H2;1-10,13H/b29-17+,30-18+,31-19+,32-20+;. The molecular formula is C44H40N7P. The van der Waals surface area contributed by atoms with E-state index in [0.717, 1.165) is 55.0 Å². The Hall–Kier alpha value is -6.69. The number of anilines is 2. The molecule has 0 saturated heterocycles. The van der Waals surface area contributed by atoms with Crippen molar-refractivity contribution in [1.29, 1.82) is 0 Å². The first-order chi connectivity index (χ1) is 25.5. The van der Waals surface area contributed by atoms with Crippen LogP contribution in [0.15, 0.2) is 193 Å². The summed E-state index contributed by atoms with van der Waals surface area (Å²) in [6.07, 6.45) is 7.30. The minimum Gasteiger partial charge on any atom is -0.398 e. The maximum atomic E-state index is 6.55. The SMILES string of the molecule is N/C(=C\C=C(/N)n1c2ccccc2c2ccccc21)P/C(N)=C/C=C(\N)n1c2ccccc2c2ccccc21.c1ccc(Nc2ccccc2)cc1. The van der Waals surface area contributed by atoms with Crippen molar-refractivity contribution in [1.82, 2.24) is 9.13 Å². The Bertz CT molecular complexity index is 2320. The fourth-order valence-corrected chi connectivity index (χ4v) is 7.03. The summed E-state index contributed by atoms with van der Waals surface area (Å²) in [7, 11) is 0.0933. The minimum atomic E-state index is 0.0933. The van der Waals surface area contributed by atoms with Crippen LogP contribution in [0.25, 0.3) is 55.3 Å². The predicted molar refractivity (Wildman–Crippen MR) is 225 cm³/mol. The normalized spacial score (nSPS) is 12.9. The summed E-state index contributed by atoms with van der Waals surface area (Å²) in [6.45, 7) is 0. The highest BCUT2D eigenvalue weighted by Crippen LogP contribution is 2.32. The monoisotopic (exact) mass is 697 g/mol. The first kappa shape index (κ1) is 33.8. The third kappa shape index (κ3) is 7.26. The van der Waals surface area contributed by atoms with Gasteiger partial charge in [-0.2, -0.15) is 0 Å². The lowest BCUT2D eigenvalue weighted by molar-refractivity contribution is 1.18. The molecule has 0 aliphatic carbocycles. The molecule has 6 aromatic carbocycles. The van der Waals surface area contributed by atoms with Gasteiger partial charge in [-0.25, -0.2) is 0 Å². The van der Waals surface area contributed by atoms with Gasteiger partial charge in [0.2, 0.25) is 0 Å². The first-order valence-electron chi connectivity index (χ1n) is 16.9. The van der Waals surface area contributed by atoms with E-state index in [4.69, 9.17) is 22.9 Å². The molecule has 0 aliphatic heterocycles.